The zero-order chi connectivity index (χ0) is 42.2. The summed E-state index contributed by atoms with van der Waals surface area (Å²) >= 11 is 0. The summed E-state index contributed by atoms with van der Waals surface area (Å²) in [7, 11) is 0. The molecule has 0 aliphatic heterocycles. The second-order valence-electron chi connectivity index (χ2n) is 19.6. The Morgan fingerprint density at radius 1 is 0.738 bits per heavy atom. The van der Waals surface area contributed by atoms with Gasteiger partial charge in [-0.05, 0) is 158 Å². The Morgan fingerprint density at radius 2 is 1.16 bits per heavy atom. The van der Waals surface area contributed by atoms with E-state index >= 15 is 0 Å². The molecule has 12 atom stereocenters. The molecule has 9 N–H and O–H groups in total. The van der Waals surface area contributed by atoms with Gasteiger partial charge in [0.05, 0.1) is 5.69 Å². The number of carbonyl (C=O) groups is 1. The number of aromatic amines is 2. The van der Waals surface area contributed by atoms with E-state index in [4.69, 9.17) is 14.3 Å². The van der Waals surface area contributed by atoms with Crippen LogP contribution in [0.25, 0.3) is 0 Å². The van der Waals surface area contributed by atoms with Gasteiger partial charge < -0.3 is 36.1 Å². The first-order valence-corrected chi connectivity index (χ1v) is 21.7. The number of aliphatic hydroxyl groups excluding tert-OH is 4. The van der Waals surface area contributed by atoms with Crippen molar-refractivity contribution < 1.29 is 69.4 Å². The van der Waals surface area contributed by atoms with Gasteiger partial charge in [0.15, 0.2) is 0 Å². The van der Waals surface area contributed by atoms with Crippen LogP contribution >= 0.6 is 0 Å². The van der Waals surface area contributed by atoms with E-state index < -0.39 is 0 Å². The van der Waals surface area contributed by atoms with Crippen molar-refractivity contribution in [2.45, 2.75) is 118 Å². The molecule has 0 unspecified atom stereocenters. The molecule has 14 nitrogen and oxygen atoms in total. The van der Waals surface area contributed by atoms with Gasteiger partial charge in [-0.2, -0.15) is 14.7 Å². The van der Waals surface area contributed by atoms with Crippen molar-refractivity contribution in [3.63, 3.8) is 0 Å². The monoisotopic (exact) mass is 847 g/mol. The van der Waals surface area contributed by atoms with Gasteiger partial charge >= 0.3 is 25.0 Å². The molecule has 4 saturated carbocycles. The minimum atomic E-state index is -0.189. The van der Waals surface area contributed by atoms with Crippen molar-refractivity contribution in [2.24, 2.45) is 69.0 Å². The van der Waals surface area contributed by atoms with Crippen LogP contribution in [0, 0.1) is 69.0 Å². The molecule has 0 radical (unpaired) electrons. The largest absolute Gasteiger partial charge is 1.00 e. The summed E-state index contributed by atoms with van der Waals surface area (Å²) < 4.78 is 5.10. The Morgan fingerprint density at radius 3 is 1.57 bits per heavy atom. The van der Waals surface area contributed by atoms with Crippen molar-refractivity contribution in [3.05, 3.63) is 52.5 Å². The fourth-order valence-electron chi connectivity index (χ4n) is 13.9. The average Bonchev–Trinajstić information content (AvgIpc) is 3.96. The van der Waals surface area contributed by atoms with Crippen molar-refractivity contribution in [1.29, 1.82) is 0 Å². The number of nitrogens with zero attached hydrogens (tertiary/aromatic N) is 2. The molecule has 4 fully saturated rings. The molecule has 0 amide bonds. The van der Waals surface area contributed by atoms with E-state index in [1.165, 1.54) is 34.5 Å². The SMILES string of the molecule is C=C1CC[C@H]2[C@H](CO)[C@@H]([C@@]3(C)Cc4c(CC)n[nH]c4C[C@@H]3CO)CC[C@]12C.C=C1CC[C@H]2[C@H](CO)[C@@H]([C@@]3(C)Cc4c(OC=O)n[nH]c4C[C@@H]3CO)CC[C@]12C.O.O=C=O.[Li+].[OH-]. The number of hydrogen-bond donors (Lipinski definition) is 6. The molecule has 2 aromatic heterocycles. The van der Waals surface area contributed by atoms with E-state index in [0.717, 1.165) is 75.5 Å². The summed E-state index contributed by atoms with van der Waals surface area (Å²) in [6.45, 7) is 21.3. The third-order valence-electron chi connectivity index (χ3n) is 17.7. The Kier molecular flexibility index (Phi) is 17.8. The molecule has 61 heavy (non-hydrogen) atoms. The number of H-pyrrole nitrogens is 2. The van der Waals surface area contributed by atoms with E-state index in [9.17, 15) is 25.2 Å². The summed E-state index contributed by atoms with van der Waals surface area (Å²) in [5.74, 6) is 2.87. The predicted molar refractivity (Wildman–Crippen MR) is 223 cm³/mol. The zero-order valence-electron chi connectivity index (χ0n) is 37.4. The van der Waals surface area contributed by atoms with Crippen LogP contribution in [-0.4, -0.2) is 90.8 Å². The second kappa shape index (κ2) is 20.7. The number of aliphatic hydroxyl groups is 4. The number of aromatic nitrogens is 4. The maximum absolute atomic E-state index is 10.9. The van der Waals surface area contributed by atoms with Gasteiger partial charge in [0, 0.05) is 43.4 Å². The summed E-state index contributed by atoms with van der Waals surface area (Å²) in [5, 5.41) is 56.3. The molecule has 2 aromatic rings. The fourth-order valence-corrected chi connectivity index (χ4v) is 13.9. The van der Waals surface area contributed by atoms with Gasteiger partial charge in [0.2, 0.25) is 5.88 Å². The normalized spacial score (nSPS) is 36.9. The molecular weight excluding hydrogens is 775 g/mol. The van der Waals surface area contributed by atoms with E-state index in [1.54, 1.807) is 0 Å². The van der Waals surface area contributed by atoms with E-state index in [0.29, 0.717) is 54.8 Å². The third kappa shape index (κ3) is 8.83. The smallest absolute Gasteiger partial charge is 0.870 e. The molecule has 6 aliphatic carbocycles. The van der Waals surface area contributed by atoms with Crippen LogP contribution in [0.4, 0.5) is 0 Å². The molecule has 0 bridgehead atoms. The van der Waals surface area contributed by atoms with Crippen LogP contribution in [0.1, 0.15) is 114 Å². The molecule has 6 aliphatic rings. The van der Waals surface area contributed by atoms with Crippen LogP contribution in [0.5, 0.6) is 5.88 Å². The van der Waals surface area contributed by atoms with Crippen LogP contribution in [0.2, 0.25) is 0 Å². The first-order chi connectivity index (χ1) is 27.7. The summed E-state index contributed by atoms with van der Waals surface area (Å²) in [5.41, 5.74) is 8.54. The quantitative estimate of drug-likeness (QED) is 0.120. The van der Waals surface area contributed by atoms with E-state index in [1.807, 2.05) is 0 Å². The van der Waals surface area contributed by atoms with Crippen LogP contribution in [0.15, 0.2) is 24.3 Å². The Labute approximate surface area is 373 Å². The number of rotatable bonds is 9. The number of nitrogens with one attached hydrogen (secondary N) is 2. The molecule has 0 saturated heterocycles. The van der Waals surface area contributed by atoms with Gasteiger partial charge in [0.1, 0.15) is 0 Å². The molecule has 8 rings (SSSR count). The predicted octanol–water partition coefficient (Wildman–Crippen LogP) is 1.74. The molecule has 0 spiro atoms. The fraction of sp³-hybridized carbons (Fsp3) is 0.739. The molecule has 0 aromatic carbocycles. The van der Waals surface area contributed by atoms with Crippen molar-refractivity contribution in [1.82, 2.24) is 20.4 Å². The van der Waals surface area contributed by atoms with Gasteiger partial charge in [-0.1, -0.05) is 58.9 Å². The minimum Gasteiger partial charge on any atom is -0.870 e. The molecule has 336 valence electrons. The van der Waals surface area contributed by atoms with E-state index in [-0.39, 0.29) is 102 Å². The maximum Gasteiger partial charge on any atom is 1.00 e. The molecular formula is C46H71LiN4O10. The van der Waals surface area contributed by atoms with E-state index in [2.05, 4.69) is 68.2 Å². The Hall–Kier alpha value is -2.89. The number of ether oxygens (including phenoxy) is 1. The first kappa shape index (κ1) is 52.5. The van der Waals surface area contributed by atoms with Crippen LogP contribution in [0.3, 0.4) is 0 Å². The first-order valence-electron chi connectivity index (χ1n) is 21.7. The van der Waals surface area contributed by atoms with Crippen molar-refractivity contribution in [2.75, 3.05) is 26.4 Å². The summed E-state index contributed by atoms with van der Waals surface area (Å²) in [6.07, 6.45) is 13.2. The molecule has 2 heterocycles. The maximum atomic E-state index is 10.9. The van der Waals surface area contributed by atoms with Crippen LogP contribution < -0.4 is 23.6 Å². The number of carbonyl (C=O) groups excluding carboxylic acids is 3. The molecule has 15 heteroatoms. The Balaban J connectivity index is 0.000000292. The van der Waals surface area contributed by atoms with Crippen LogP contribution in [-0.2, 0) is 46.5 Å². The van der Waals surface area contributed by atoms with Gasteiger partial charge in [-0.3, -0.25) is 15.0 Å². The number of fused-ring (bicyclic) bond motifs is 4. The van der Waals surface area contributed by atoms with Gasteiger partial charge in [0.25, 0.3) is 6.47 Å². The van der Waals surface area contributed by atoms with Crippen molar-refractivity contribution >= 4 is 12.6 Å². The minimum absolute atomic E-state index is 0. The van der Waals surface area contributed by atoms with Gasteiger partial charge in [-0.25, -0.2) is 0 Å². The summed E-state index contributed by atoms with van der Waals surface area (Å²) in [4.78, 5) is 27.1. The number of hydrogen-bond acceptors (Lipinski definition) is 11. The Bertz CT molecular complexity index is 1860. The topological polar surface area (TPSA) is 260 Å². The zero-order valence-corrected chi connectivity index (χ0v) is 37.4. The summed E-state index contributed by atoms with van der Waals surface area (Å²) in [6, 6.07) is 0. The third-order valence-corrected chi connectivity index (χ3v) is 17.7. The second-order valence-corrected chi connectivity index (χ2v) is 19.6. The average molecular weight is 847 g/mol. The number of aryl methyl sites for hydroxylation is 1. The standard InChI is InChI=1S/C23H36N2O2.C22H32N2O4.CO2.Li.2H2O/c1-5-20-16-11-23(4,15(12-26)10-21(16)25-24-20)19-8-9-22(3)14(2)6-7-18(22)17(19)13-27;1-13-4-5-17-16(11-26)18(6-7-21(13,17)2)22(3)9-15-19(8-14(22)10-25)23-24-20(15)28-12-27;2-1-3;;;/h15,17-19,26-27H,2,5-13H2,1,3-4H3,(H,24,25);12,14,16-18,25-26H,1,4-11H2,2-3H3,(H,23,24);;;2*1H2/q;;;+1;;/p-1/t15-,17+,18+,19+,22-,23+;14-,16+,17+,18+,21-,22+;;;;/m11..../s1. The number of allylic oxidation sites excluding steroid dienone is 2. The van der Waals surface area contributed by atoms with Gasteiger partial charge in [-0.15, -0.1) is 5.10 Å². The van der Waals surface area contributed by atoms with Crippen molar-refractivity contribution in [3.8, 4) is 5.88 Å².